The fourth-order valence-electron chi connectivity index (χ4n) is 3.93. The SMILES string of the molecule is CCN(CC)Cc1ccccc1CNC(=O)C1CCN(C(=O)N(CC)CC)CC1. The van der Waals surface area contributed by atoms with E-state index in [0.29, 0.717) is 19.6 Å². The number of hydrogen-bond acceptors (Lipinski definition) is 3. The molecule has 1 saturated heterocycles. The highest BCUT2D eigenvalue weighted by atomic mass is 16.2. The lowest BCUT2D eigenvalue weighted by Crippen LogP contribution is -2.48. The van der Waals surface area contributed by atoms with Crippen molar-refractivity contribution in [3.8, 4) is 0 Å². The number of hydrogen-bond donors (Lipinski definition) is 1. The van der Waals surface area contributed by atoms with Crippen molar-refractivity contribution >= 4 is 11.9 Å². The van der Waals surface area contributed by atoms with Crippen molar-refractivity contribution in [2.24, 2.45) is 5.92 Å². The topological polar surface area (TPSA) is 55.9 Å². The van der Waals surface area contributed by atoms with E-state index in [4.69, 9.17) is 0 Å². The average molecular weight is 403 g/mol. The van der Waals surface area contributed by atoms with Crippen molar-refractivity contribution < 1.29 is 9.59 Å². The summed E-state index contributed by atoms with van der Waals surface area (Å²) >= 11 is 0. The van der Waals surface area contributed by atoms with Crippen LogP contribution in [0.25, 0.3) is 0 Å². The Labute approximate surface area is 176 Å². The van der Waals surface area contributed by atoms with Crippen LogP contribution < -0.4 is 5.32 Å². The quantitative estimate of drug-likeness (QED) is 0.689. The van der Waals surface area contributed by atoms with Gasteiger partial charge in [-0.15, -0.1) is 0 Å². The maximum atomic E-state index is 12.7. The molecule has 3 amide bonds. The van der Waals surface area contributed by atoms with Gasteiger partial charge >= 0.3 is 6.03 Å². The second-order valence-electron chi connectivity index (χ2n) is 7.66. The van der Waals surface area contributed by atoms with Gasteiger partial charge < -0.3 is 15.1 Å². The predicted molar refractivity (Wildman–Crippen MR) is 118 cm³/mol. The summed E-state index contributed by atoms with van der Waals surface area (Å²) in [7, 11) is 0. The zero-order valence-corrected chi connectivity index (χ0v) is 18.6. The zero-order valence-electron chi connectivity index (χ0n) is 18.6. The Morgan fingerprint density at radius 1 is 0.966 bits per heavy atom. The molecule has 162 valence electrons. The van der Waals surface area contributed by atoms with Crippen LogP contribution in [0, 0.1) is 5.92 Å². The average Bonchev–Trinajstić information content (AvgIpc) is 2.77. The number of amides is 3. The maximum Gasteiger partial charge on any atom is 0.319 e. The molecule has 1 aliphatic rings. The third kappa shape index (κ3) is 6.46. The second kappa shape index (κ2) is 11.8. The monoisotopic (exact) mass is 402 g/mol. The number of piperidine rings is 1. The molecule has 1 fully saturated rings. The van der Waals surface area contributed by atoms with Crippen LogP contribution in [0.15, 0.2) is 24.3 Å². The van der Waals surface area contributed by atoms with Gasteiger partial charge in [-0.2, -0.15) is 0 Å². The van der Waals surface area contributed by atoms with Gasteiger partial charge in [0.2, 0.25) is 5.91 Å². The van der Waals surface area contributed by atoms with Gasteiger partial charge in [0.1, 0.15) is 0 Å². The van der Waals surface area contributed by atoms with E-state index >= 15 is 0 Å². The van der Waals surface area contributed by atoms with E-state index in [9.17, 15) is 9.59 Å². The lowest BCUT2D eigenvalue weighted by molar-refractivity contribution is -0.126. The highest BCUT2D eigenvalue weighted by molar-refractivity contribution is 5.79. The van der Waals surface area contributed by atoms with Gasteiger partial charge in [0.15, 0.2) is 0 Å². The van der Waals surface area contributed by atoms with E-state index in [2.05, 4.69) is 42.3 Å². The molecule has 1 aliphatic heterocycles. The molecular formula is C23H38N4O2. The molecule has 0 spiro atoms. The lowest BCUT2D eigenvalue weighted by Gasteiger charge is -2.34. The van der Waals surface area contributed by atoms with E-state index < -0.39 is 0 Å². The molecule has 0 atom stereocenters. The third-order valence-corrected chi connectivity index (χ3v) is 6.03. The molecule has 2 rings (SSSR count). The molecule has 0 saturated carbocycles. The molecule has 0 bridgehead atoms. The third-order valence-electron chi connectivity index (χ3n) is 6.03. The minimum Gasteiger partial charge on any atom is -0.352 e. The Morgan fingerprint density at radius 3 is 2.10 bits per heavy atom. The van der Waals surface area contributed by atoms with Crippen LogP contribution in [0.4, 0.5) is 4.79 Å². The Bertz CT molecular complexity index is 648. The predicted octanol–water partition coefficient (Wildman–Crippen LogP) is 3.32. The summed E-state index contributed by atoms with van der Waals surface area (Å²) in [5.74, 6) is 0.100. The first kappa shape index (κ1) is 23.2. The largest absolute Gasteiger partial charge is 0.352 e. The van der Waals surface area contributed by atoms with Crippen LogP contribution in [0.1, 0.15) is 51.7 Å². The first-order valence-electron chi connectivity index (χ1n) is 11.1. The van der Waals surface area contributed by atoms with E-state index in [1.54, 1.807) is 0 Å². The number of rotatable bonds is 9. The number of nitrogens with one attached hydrogen (secondary N) is 1. The summed E-state index contributed by atoms with van der Waals surface area (Å²) in [6.45, 7) is 14.6. The molecule has 1 heterocycles. The normalized spacial score (nSPS) is 14.9. The fraction of sp³-hybridized carbons (Fsp3) is 0.652. The summed E-state index contributed by atoms with van der Waals surface area (Å²) in [5, 5.41) is 3.14. The number of carbonyl (C=O) groups is 2. The molecular weight excluding hydrogens is 364 g/mol. The van der Waals surface area contributed by atoms with Crippen LogP contribution >= 0.6 is 0 Å². The van der Waals surface area contributed by atoms with E-state index in [1.807, 2.05) is 29.7 Å². The Morgan fingerprint density at radius 2 is 1.55 bits per heavy atom. The summed E-state index contributed by atoms with van der Waals surface area (Å²) in [6, 6.07) is 8.44. The standard InChI is InChI=1S/C23H38N4O2/c1-5-25(6-2)18-21-12-10-9-11-20(21)17-24-22(28)19-13-15-27(16-14-19)23(29)26(7-3)8-4/h9-12,19H,5-8,13-18H2,1-4H3,(H,24,28). The smallest absolute Gasteiger partial charge is 0.319 e. The van der Waals surface area contributed by atoms with Crippen molar-refractivity contribution in [2.75, 3.05) is 39.3 Å². The molecule has 29 heavy (non-hydrogen) atoms. The lowest BCUT2D eigenvalue weighted by atomic mass is 9.96. The fourth-order valence-corrected chi connectivity index (χ4v) is 3.93. The molecule has 0 aliphatic carbocycles. The van der Waals surface area contributed by atoms with Crippen molar-refractivity contribution in [2.45, 2.75) is 53.6 Å². The van der Waals surface area contributed by atoms with Crippen LogP contribution in [0.3, 0.4) is 0 Å². The molecule has 1 aromatic carbocycles. The zero-order chi connectivity index (χ0) is 21.2. The number of nitrogens with zero attached hydrogens (tertiary/aromatic N) is 3. The number of carbonyl (C=O) groups excluding carboxylic acids is 2. The van der Waals surface area contributed by atoms with Gasteiger partial charge in [0, 0.05) is 45.2 Å². The van der Waals surface area contributed by atoms with Gasteiger partial charge in [-0.25, -0.2) is 4.79 Å². The van der Waals surface area contributed by atoms with Gasteiger partial charge in [0.25, 0.3) is 0 Å². The summed E-state index contributed by atoms with van der Waals surface area (Å²) in [6.07, 6.45) is 1.47. The Hall–Kier alpha value is -2.08. The van der Waals surface area contributed by atoms with Gasteiger partial charge in [0.05, 0.1) is 0 Å². The summed E-state index contributed by atoms with van der Waals surface area (Å²) in [4.78, 5) is 31.3. The second-order valence-corrected chi connectivity index (χ2v) is 7.66. The number of likely N-dealkylation sites (tertiary alicyclic amines) is 1. The molecule has 0 unspecified atom stereocenters. The van der Waals surface area contributed by atoms with Gasteiger partial charge in [-0.05, 0) is 50.9 Å². The molecule has 1 aromatic rings. The molecule has 6 heteroatoms. The Kier molecular flexibility index (Phi) is 9.45. The van der Waals surface area contributed by atoms with Crippen LogP contribution in [-0.2, 0) is 17.9 Å². The molecule has 0 radical (unpaired) electrons. The molecule has 6 nitrogen and oxygen atoms in total. The van der Waals surface area contributed by atoms with Crippen LogP contribution in [0.2, 0.25) is 0 Å². The molecule has 1 N–H and O–H groups in total. The van der Waals surface area contributed by atoms with Gasteiger partial charge in [-0.1, -0.05) is 38.1 Å². The maximum absolute atomic E-state index is 12.7. The minimum absolute atomic E-state index is 0.00861. The summed E-state index contributed by atoms with van der Waals surface area (Å²) in [5.41, 5.74) is 2.46. The summed E-state index contributed by atoms with van der Waals surface area (Å²) < 4.78 is 0. The van der Waals surface area contributed by atoms with Crippen molar-refractivity contribution in [3.63, 3.8) is 0 Å². The number of urea groups is 1. The van der Waals surface area contributed by atoms with Crippen molar-refractivity contribution in [3.05, 3.63) is 35.4 Å². The van der Waals surface area contributed by atoms with E-state index in [-0.39, 0.29) is 17.9 Å². The van der Waals surface area contributed by atoms with Gasteiger partial charge in [-0.3, -0.25) is 9.69 Å². The molecule has 0 aromatic heterocycles. The van der Waals surface area contributed by atoms with Crippen LogP contribution in [-0.4, -0.2) is 65.9 Å². The van der Waals surface area contributed by atoms with Crippen LogP contribution in [0.5, 0.6) is 0 Å². The highest BCUT2D eigenvalue weighted by Gasteiger charge is 2.28. The van der Waals surface area contributed by atoms with Crippen molar-refractivity contribution in [1.29, 1.82) is 0 Å². The first-order valence-corrected chi connectivity index (χ1v) is 11.1. The van der Waals surface area contributed by atoms with E-state index in [1.165, 1.54) is 11.1 Å². The van der Waals surface area contributed by atoms with Crippen molar-refractivity contribution in [1.82, 2.24) is 20.0 Å². The first-order chi connectivity index (χ1) is 14.0. The number of benzene rings is 1. The highest BCUT2D eigenvalue weighted by Crippen LogP contribution is 2.19. The Balaban J connectivity index is 1.86. The minimum atomic E-state index is -0.00861. The van der Waals surface area contributed by atoms with E-state index in [0.717, 1.165) is 45.6 Å².